The van der Waals surface area contributed by atoms with Gasteiger partial charge in [-0.2, -0.15) is 0 Å². The second-order valence-electron chi connectivity index (χ2n) is 11.1. The minimum Gasteiger partial charge on any atom is -0.331 e. The molecule has 4 nitrogen and oxygen atoms in total. The molecule has 0 aliphatic heterocycles. The van der Waals surface area contributed by atoms with E-state index in [0.717, 1.165) is 52.3 Å². The number of aryl methyl sites for hydroxylation is 1. The molecule has 0 N–H and O–H groups in total. The topological polar surface area (TPSA) is 35.6 Å². The molecule has 2 aromatic heterocycles. The van der Waals surface area contributed by atoms with Crippen molar-refractivity contribution in [3.63, 3.8) is 0 Å². The first-order chi connectivity index (χ1) is 20.7. The zero-order chi connectivity index (χ0) is 28.2. The van der Waals surface area contributed by atoms with Crippen LogP contribution in [0.15, 0.2) is 115 Å². The third-order valence-corrected chi connectivity index (χ3v) is 8.62. The van der Waals surface area contributed by atoms with Crippen molar-refractivity contribution in [3.05, 3.63) is 127 Å². The number of hydrogen-bond donors (Lipinski definition) is 0. The number of allylic oxidation sites excluding steroid dienone is 1. The predicted molar refractivity (Wildman–Crippen MR) is 174 cm³/mol. The van der Waals surface area contributed by atoms with Crippen molar-refractivity contribution < 1.29 is 0 Å². The lowest BCUT2D eigenvalue weighted by atomic mass is 9.90. The molecule has 42 heavy (non-hydrogen) atoms. The summed E-state index contributed by atoms with van der Waals surface area (Å²) in [6.45, 7) is 0. The summed E-state index contributed by atoms with van der Waals surface area (Å²) < 4.78 is 4.44. The van der Waals surface area contributed by atoms with Crippen LogP contribution in [0, 0.1) is 0 Å². The van der Waals surface area contributed by atoms with E-state index >= 15 is 0 Å². The van der Waals surface area contributed by atoms with Crippen LogP contribution in [-0.2, 0) is 20.5 Å². The first-order valence-electron chi connectivity index (χ1n) is 14.5. The predicted octanol–water partition coefficient (Wildman–Crippen LogP) is 9.09. The molecule has 0 amide bonds. The Bertz CT molecular complexity index is 2170. The molecule has 1 aliphatic rings. The van der Waals surface area contributed by atoms with Crippen LogP contribution in [0.25, 0.3) is 72.9 Å². The van der Waals surface area contributed by atoms with Gasteiger partial charge in [0.15, 0.2) is 0 Å². The van der Waals surface area contributed by atoms with Crippen molar-refractivity contribution >= 4 is 27.9 Å². The Kier molecular flexibility index (Phi) is 5.68. The van der Waals surface area contributed by atoms with Crippen molar-refractivity contribution in [2.75, 3.05) is 0 Å². The van der Waals surface area contributed by atoms with Gasteiger partial charge in [-0.1, -0.05) is 91.0 Å². The fraction of sp³-hybridized carbons (Fsp3) is 0.105. The van der Waals surface area contributed by atoms with E-state index in [1.807, 2.05) is 6.07 Å². The first-order valence-corrected chi connectivity index (χ1v) is 14.5. The van der Waals surface area contributed by atoms with Gasteiger partial charge < -0.3 is 9.13 Å². The summed E-state index contributed by atoms with van der Waals surface area (Å²) in [5, 5.41) is 2.47. The first kappa shape index (κ1) is 24.6. The lowest BCUT2D eigenvalue weighted by Gasteiger charge is -2.14. The molecule has 0 saturated carbocycles. The molecular formula is C38H30N4. The highest BCUT2D eigenvalue weighted by atomic mass is 15.1. The monoisotopic (exact) mass is 542 g/mol. The number of fused-ring (bicyclic) bond motifs is 3. The normalized spacial score (nSPS) is 12.7. The van der Waals surface area contributed by atoms with Crippen LogP contribution in [0.3, 0.4) is 0 Å². The summed E-state index contributed by atoms with van der Waals surface area (Å²) in [6.07, 6.45) is 6.49. The van der Waals surface area contributed by atoms with E-state index in [4.69, 9.17) is 9.97 Å². The van der Waals surface area contributed by atoms with Gasteiger partial charge in [-0.15, -0.1) is 0 Å². The van der Waals surface area contributed by atoms with E-state index in [0.29, 0.717) is 0 Å². The van der Waals surface area contributed by atoms with E-state index in [2.05, 4.69) is 139 Å². The Morgan fingerprint density at radius 3 is 1.88 bits per heavy atom. The second-order valence-corrected chi connectivity index (χ2v) is 11.1. The summed E-state index contributed by atoms with van der Waals surface area (Å²) in [6, 6.07) is 39.1. The van der Waals surface area contributed by atoms with Gasteiger partial charge in [-0.05, 0) is 76.2 Å². The maximum atomic E-state index is 5.01. The zero-order valence-electron chi connectivity index (χ0n) is 23.8. The SMILES string of the molecule is Cn1c(-c2cccc(-c3cccc4cccc(-c5cccc(-c6nc7ccccc7n6C)c5)c34)c2)nc2c1CCC=C2. The Labute approximate surface area is 245 Å². The standard InChI is InChI=1S/C38H30N4/c1-41-34-21-5-3-19-32(34)39-37(41)28-15-7-13-26(23-28)30-17-9-11-25-12-10-18-31(36(25)30)27-14-8-16-29(24-27)38-40-33-20-4-6-22-35(33)42(38)2/h3-5,7-21,23-24H,6,22H2,1-2H3. The Balaban J connectivity index is 1.27. The van der Waals surface area contributed by atoms with Gasteiger partial charge in [0.1, 0.15) is 11.6 Å². The summed E-state index contributed by atoms with van der Waals surface area (Å²) in [5.74, 6) is 1.99. The van der Waals surface area contributed by atoms with Gasteiger partial charge in [0.25, 0.3) is 0 Å². The van der Waals surface area contributed by atoms with Crippen LogP contribution in [0.5, 0.6) is 0 Å². The number of rotatable bonds is 4. The van der Waals surface area contributed by atoms with Gasteiger partial charge in [-0.25, -0.2) is 9.97 Å². The van der Waals surface area contributed by atoms with Crippen molar-refractivity contribution in [1.29, 1.82) is 0 Å². The Morgan fingerprint density at radius 2 is 1.21 bits per heavy atom. The minimum atomic E-state index is 0.971. The molecule has 5 aromatic carbocycles. The van der Waals surface area contributed by atoms with E-state index < -0.39 is 0 Å². The largest absolute Gasteiger partial charge is 0.331 e. The third kappa shape index (κ3) is 3.91. The molecule has 8 rings (SSSR count). The summed E-state index contributed by atoms with van der Waals surface area (Å²) in [4.78, 5) is 9.98. The van der Waals surface area contributed by atoms with Gasteiger partial charge in [0.2, 0.25) is 0 Å². The second kappa shape index (κ2) is 9.71. The minimum absolute atomic E-state index is 0.971. The van der Waals surface area contributed by atoms with Crippen molar-refractivity contribution in [1.82, 2.24) is 19.1 Å². The van der Waals surface area contributed by atoms with Crippen LogP contribution < -0.4 is 0 Å². The van der Waals surface area contributed by atoms with E-state index in [1.165, 1.54) is 38.7 Å². The lowest BCUT2D eigenvalue weighted by molar-refractivity contribution is 0.809. The van der Waals surface area contributed by atoms with Crippen LogP contribution in [0.4, 0.5) is 0 Å². The average molecular weight is 543 g/mol. The smallest absolute Gasteiger partial charge is 0.140 e. The quantitative estimate of drug-likeness (QED) is 0.222. The lowest BCUT2D eigenvalue weighted by Crippen LogP contribution is -2.01. The molecule has 0 unspecified atom stereocenters. The van der Waals surface area contributed by atoms with Crippen LogP contribution in [0.1, 0.15) is 17.8 Å². The molecule has 4 heteroatoms. The summed E-state index contributed by atoms with van der Waals surface area (Å²) in [5.41, 5.74) is 11.6. The highest BCUT2D eigenvalue weighted by molar-refractivity contribution is 6.07. The maximum absolute atomic E-state index is 5.01. The highest BCUT2D eigenvalue weighted by Crippen LogP contribution is 2.39. The number of para-hydroxylation sites is 2. The zero-order valence-corrected chi connectivity index (χ0v) is 23.8. The van der Waals surface area contributed by atoms with Crippen molar-refractivity contribution in [3.8, 4) is 45.0 Å². The molecule has 0 atom stereocenters. The highest BCUT2D eigenvalue weighted by Gasteiger charge is 2.18. The van der Waals surface area contributed by atoms with E-state index in [-0.39, 0.29) is 0 Å². The van der Waals surface area contributed by atoms with Gasteiger partial charge in [-0.3, -0.25) is 0 Å². The molecule has 7 aromatic rings. The maximum Gasteiger partial charge on any atom is 0.140 e. The molecule has 0 fully saturated rings. The van der Waals surface area contributed by atoms with Gasteiger partial charge in [0.05, 0.1) is 16.7 Å². The fourth-order valence-corrected chi connectivity index (χ4v) is 6.53. The molecule has 0 radical (unpaired) electrons. The van der Waals surface area contributed by atoms with Crippen molar-refractivity contribution in [2.45, 2.75) is 12.8 Å². The Hall–Kier alpha value is -5.22. The Morgan fingerprint density at radius 1 is 0.595 bits per heavy atom. The van der Waals surface area contributed by atoms with Gasteiger partial charge >= 0.3 is 0 Å². The third-order valence-electron chi connectivity index (χ3n) is 8.62. The molecule has 1 aliphatic carbocycles. The number of aromatic nitrogens is 4. The average Bonchev–Trinajstić information content (AvgIpc) is 3.57. The molecule has 202 valence electrons. The molecule has 0 saturated heterocycles. The van der Waals surface area contributed by atoms with Crippen molar-refractivity contribution in [2.24, 2.45) is 14.1 Å². The molecular weight excluding hydrogens is 512 g/mol. The van der Waals surface area contributed by atoms with E-state index in [9.17, 15) is 0 Å². The van der Waals surface area contributed by atoms with Gasteiger partial charge in [0, 0.05) is 30.9 Å². The summed E-state index contributed by atoms with van der Waals surface area (Å²) in [7, 11) is 4.23. The molecule has 0 spiro atoms. The number of imidazole rings is 2. The van der Waals surface area contributed by atoms with Crippen LogP contribution in [-0.4, -0.2) is 19.1 Å². The summed E-state index contributed by atoms with van der Waals surface area (Å²) >= 11 is 0. The number of nitrogens with zero attached hydrogens (tertiary/aromatic N) is 4. The number of benzene rings is 5. The van der Waals surface area contributed by atoms with Crippen LogP contribution >= 0.6 is 0 Å². The van der Waals surface area contributed by atoms with E-state index in [1.54, 1.807) is 0 Å². The molecule has 0 bridgehead atoms. The molecule has 2 heterocycles. The fourth-order valence-electron chi connectivity index (χ4n) is 6.53. The van der Waals surface area contributed by atoms with Crippen LogP contribution in [0.2, 0.25) is 0 Å². The number of hydrogen-bond acceptors (Lipinski definition) is 2.